The van der Waals surface area contributed by atoms with Crippen LogP contribution in [0, 0.1) is 5.41 Å². The quantitative estimate of drug-likeness (QED) is 0.811. The van der Waals surface area contributed by atoms with Crippen molar-refractivity contribution in [3.8, 4) is 0 Å². The number of rotatable bonds is 1. The first kappa shape index (κ1) is 11.4. The lowest BCUT2D eigenvalue weighted by molar-refractivity contribution is 0.291. The monoisotopic (exact) mass is 241 g/mol. The highest BCUT2D eigenvalue weighted by Crippen LogP contribution is 2.30. The van der Waals surface area contributed by atoms with Crippen LogP contribution in [-0.4, -0.2) is 28.0 Å². The van der Waals surface area contributed by atoms with Gasteiger partial charge in [-0.05, 0) is 29.9 Å². The summed E-state index contributed by atoms with van der Waals surface area (Å²) in [4.78, 5) is 14.1. The van der Waals surface area contributed by atoms with Gasteiger partial charge in [0.2, 0.25) is 17.2 Å². The first-order chi connectivity index (χ1) is 7.46. The van der Waals surface area contributed by atoms with Gasteiger partial charge in [-0.15, -0.1) is 0 Å². The molecule has 0 atom stereocenters. The molecule has 1 aromatic heterocycles. The molecule has 1 fully saturated rings. The second-order valence-electron chi connectivity index (χ2n) is 4.95. The van der Waals surface area contributed by atoms with Crippen LogP contribution in [0.15, 0.2) is 0 Å². The third-order valence-corrected chi connectivity index (χ3v) is 2.97. The number of nitrogen functional groups attached to an aromatic ring is 1. The Morgan fingerprint density at radius 3 is 2.69 bits per heavy atom. The number of hydrogen-bond acceptors (Lipinski definition) is 5. The van der Waals surface area contributed by atoms with Gasteiger partial charge in [0.1, 0.15) is 0 Å². The van der Waals surface area contributed by atoms with Crippen LogP contribution in [0.1, 0.15) is 26.7 Å². The normalized spacial score (nSPS) is 19.8. The van der Waals surface area contributed by atoms with Crippen molar-refractivity contribution in [2.75, 3.05) is 23.7 Å². The molecule has 2 rings (SSSR count). The van der Waals surface area contributed by atoms with Gasteiger partial charge in [-0.2, -0.15) is 15.0 Å². The minimum atomic E-state index is 0.158. The van der Waals surface area contributed by atoms with Crippen LogP contribution in [0.5, 0.6) is 0 Å². The van der Waals surface area contributed by atoms with Gasteiger partial charge in [-0.3, -0.25) is 0 Å². The van der Waals surface area contributed by atoms with Gasteiger partial charge in [-0.25, -0.2) is 0 Å². The molecule has 88 valence electrons. The van der Waals surface area contributed by atoms with E-state index < -0.39 is 0 Å². The lowest BCUT2D eigenvalue weighted by Gasteiger charge is -2.37. The number of halogens is 1. The molecule has 0 saturated carbocycles. The highest BCUT2D eigenvalue weighted by molar-refractivity contribution is 6.28. The molecule has 5 nitrogen and oxygen atoms in total. The summed E-state index contributed by atoms with van der Waals surface area (Å²) in [5.74, 6) is 0.767. The minimum Gasteiger partial charge on any atom is -0.368 e. The zero-order chi connectivity index (χ0) is 11.8. The van der Waals surface area contributed by atoms with Crippen molar-refractivity contribution in [3.05, 3.63) is 5.28 Å². The molecule has 0 radical (unpaired) electrons. The topological polar surface area (TPSA) is 67.9 Å². The van der Waals surface area contributed by atoms with Gasteiger partial charge in [0.15, 0.2) is 0 Å². The Morgan fingerprint density at radius 1 is 1.31 bits per heavy atom. The summed E-state index contributed by atoms with van der Waals surface area (Å²) in [5.41, 5.74) is 5.84. The first-order valence-electron chi connectivity index (χ1n) is 5.38. The van der Waals surface area contributed by atoms with Crippen LogP contribution >= 0.6 is 11.6 Å². The number of nitrogens with two attached hydrogens (primary N) is 1. The van der Waals surface area contributed by atoms with E-state index in [4.69, 9.17) is 17.3 Å². The van der Waals surface area contributed by atoms with Gasteiger partial charge in [0.25, 0.3) is 0 Å². The Balaban J connectivity index is 2.23. The summed E-state index contributed by atoms with van der Waals surface area (Å²) in [6.45, 7) is 6.35. The molecule has 0 bridgehead atoms. The zero-order valence-electron chi connectivity index (χ0n) is 9.57. The fourth-order valence-corrected chi connectivity index (χ4v) is 2.25. The van der Waals surface area contributed by atoms with Crippen molar-refractivity contribution >= 4 is 23.5 Å². The second kappa shape index (κ2) is 4.05. The Kier molecular flexibility index (Phi) is 2.88. The van der Waals surface area contributed by atoms with Crippen molar-refractivity contribution in [1.29, 1.82) is 0 Å². The van der Waals surface area contributed by atoms with Crippen molar-refractivity contribution in [3.63, 3.8) is 0 Å². The number of aromatic nitrogens is 3. The van der Waals surface area contributed by atoms with E-state index in [2.05, 4.69) is 33.7 Å². The van der Waals surface area contributed by atoms with E-state index >= 15 is 0 Å². The minimum absolute atomic E-state index is 0.158. The molecule has 0 aliphatic carbocycles. The average molecular weight is 242 g/mol. The molecule has 2 N–H and O–H groups in total. The largest absolute Gasteiger partial charge is 0.368 e. The van der Waals surface area contributed by atoms with E-state index in [9.17, 15) is 0 Å². The molecule has 6 heteroatoms. The molecule has 1 aliphatic heterocycles. The molecule has 1 aromatic rings. The first-order valence-corrected chi connectivity index (χ1v) is 5.76. The van der Waals surface area contributed by atoms with Crippen molar-refractivity contribution in [2.45, 2.75) is 26.7 Å². The number of hydrogen-bond donors (Lipinski definition) is 1. The highest BCUT2D eigenvalue weighted by Gasteiger charge is 2.28. The van der Waals surface area contributed by atoms with Gasteiger partial charge in [0.05, 0.1) is 0 Å². The van der Waals surface area contributed by atoms with Crippen LogP contribution in [0.25, 0.3) is 0 Å². The molecule has 16 heavy (non-hydrogen) atoms. The molecule has 0 aromatic carbocycles. The molecule has 1 aliphatic rings. The Bertz CT molecular complexity index is 373. The van der Waals surface area contributed by atoms with Crippen LogP contribution in [0.3, 0.4) is 0 Å². The van der Waals surface area contributed by atoms with E-state index in [1.807, 2.05) is 0 Å². The van der Waals surface area contributed by atoms with Gasteiger partial charge in [-0.1, -0.05) is 13.8 Å². The average Bonchev–Trinajstić information content (AvgIpc) is 2.14. The van der Waals surface area contributed by atoms with Crippen LogP contribution in [0.4, 0.5) is 11.9 Å². The molecule has 0 unspecified atom stereocenters. The van der Waals surface area contributed by atoms with Gasteiger partial charge >= 0.3 is 0 Å². The third-order valence-electron chi connectivity index (χ3n) is 2.80. The number of nitrogens with zero attached hydrogens (tertiary/aromatic N) is 4. The molecule has 2 heterocycles. The maximum absolute atomic E-state index is 5.77. The smallest absolute Gasteiger partial charge is 0.231 e. The lowest BCUT2D eigenvalue weighted by Crippen LogP contribution is -2.41. The molecule has 0 spiro atoms. The molecule has 0 amide bonds. The summed E-state index contributed by atoms with van der Waals surface area (Å²) < 4.78 is 0. The van der Waals surface area contributed by atoms with E-state index in [1.165, 1.54) is 6.42 Å². The molecule has 1 saturated heterocycles. The fourth-order valence-electron chi connectivity index (χ4n) is 2.09. The van der Waals surface area contributed by atoms with Crippen molar-refractivity contribution < 1.29 is 0 Å². The van der Waals surface area contributed by atoms with Crippen molar-refractivity contribution in [2.24, 2.45) is 5.41 Å². The van der Waals surface area contributed by atoms with Crippen LogP contribution in [-0.2, 0) is 0 Å². The third kappa shape index (κ3) is 2.52. The standard InChI is InChI=1S/C10H16ClN5/c1-10(2)4-3-5-16(6-10)9-14-7(11)13-8(12)15-9/h3-6H2,1-2H3,(H2,12,13,14,15). The SMILES string of the molecule is CC1(C)CCCN(c2nc(N)nc(Cl)n2)C1. The van der Waals surface area contributed by atoms with E-state index in [0.29, 0.717) is 5.95 Å². The summed E-state index contributed by atoms with van der Waals surface area (Å²) >= 11 is 5.77. The maximum atomic E-state index is 5.77. The molecular weight excluding hydrogens is 226 g/mol. The Hall–Kier alpha value is -1.10. The second-order valence-corrected chi connectivity index (χ2v) is 5.29. The predicted octanol–water partition coefficient (Wildman–Crippen LogP) is 1.73. The van der Waals surface area contributed by atoms with Gasteiger partial charge in [0, 0.05) is 13.1 Å². The lowest BCUT2D eigenvalue weighted by atomic mass is 9.84. The van der Waals surface area contributed by atoms with E-state index in [1.54, 1.807) is 0 Å². The Morgan fingerprint density at radius 2 is 2.06 bits per heavy atom. The highest BCUT2D eigenvalue weighted by atomic mass is 35.5. The zero-order valence-corrected chi connectivity index (χ0v) is 10.3. The maximum Gasteiger partial charge on any atom is 0.231 e. The summed E-state index contributed by atoms with van der Waals surface area (Å²) in [5, 5.41) is 0.158. The number of anilines is 2. The molecular formula is C10H16ClN5. The Labute approximate surface area is 100 Å². The van der Waals surface area contributed by atoms with Gasteiger partial charge < -0.3 is 10.6 Å². The fraction of sp³-hybridized carbons (Fsp3) is 0.700. The summed E-state index contributed by atoms with van der Waals surface area (Å²) in [6.07, 6.45) is 2.36. The summed E-state index contributed by atoms with van der Waals surface area (Å²) in [6, 6.07) is 0. The van der Waals surface area contributed by atoms with Crippen LogP contribution < -0.4 is 10.6 Å². The summed E-state index contributed by atoms with van der Waals surface area (Å²) in [7, 11) is 0. The predicted molar refractivity (Wildman–Crippen MR) is 64.5 cm³/mol. The van der Waals surface area contributed by atoms with E-state index in [0.717, 1.165) is 19.5 Å². The van der Waals surface area contributed by atoms with Crippen LogP contribution in [0.2, 0.25) is 5.28 Å². The van der Waals surface area contributed by atoms with Crippen molar-refractivity contribution in [1.82, 2.24) is 15.0 Å². The number of piperidine rings is 1. The van der Waals surface area contributed by atoms with E-state index in [-0.39, 0.29) is 16.6 Å².